The lowest BCUT2D eigenvalue weighted by atomic mass is 10.1. The molecular formula is C17H15FN6O. The van der Waals surface area contributed by atoms with E-state index in [1.165, 1.54) is 16.6 Å². The highest BCUT2D eigenvalue weighted by molar-refractivity contribution is 5.74. The van der Waals surface area contributed by atoms with Crippen LogP contribution in [-0.4, -0.2) is 29.4 Å². The van der Waals surface area contributed by atoms with Crippen molar-refractivity contribution in [1.82, 2.24) is 29.4 Å². The van der Waals surface area contributed by atoms with Gasteiger partial charge in [0.15, 0.2) is 11.3 Å². The van der Waals surface area contributed by atoms with Crippen LogP contribution in [0.25, 0.3) is 16.8 Å². The predicted molar refractivity (Wildman–Crippen MR) is 89.9 cm³/mol. The van der Waals surface area contributed by atoms with Crippen molar-refractivity contribution in [2.45, 2.75) is 26.3 Å². The first-order valence-electron chi connectivity index (χ1n) is 7.97. The molecule has 7 nitrogen and oxygen atoms in total. The number of hydrogen-bond donors (Lipinski definition) is 0. The number of aromatic nitrogens is 6. The van der Waals surface area contributed by atoms with Gasteiger partial charge in [0.25, 0.3) is 11.3 Å². The zero-order valence-electron chi connectivity index (χ0n) is 13.7. The number of nitrogens with zero attached hydrogens (tertiary/aromatic N) is 6. The highest BCUT2D eigenvalue weighted by atomic mass is 19.1. The Morgan fingerprint density at radius 2 is 1.92 bits per heavy atom. The Bertz CT molecular complexity index is 1130. The quantitative estimate of drug-likeness (QED) is 0.572. The summed E-state index contributed by atoms with van der Waals surface area (Å²) in [5.74, 6) is 0.701. The zero-order chi connectivity index (χ0) is 17.6. The highest BCUT2D eigenvalue weighted by Gasteiger charge is 2.15. The third kappa shape index (κ3) is 2.46. The van der Waals surface area contributed by atoms with Gasteiger partial charge in [-0.3, -0.25) is 4.79 Å². The van der Waals surface area contributed by atoms with Crippen molar-refractivity contribution in [3.8, 4) is 0 Å². The SMILES string of the molecule is CCc1nc2nnc3c(=O)n(C(C)c4ccc(F)cc4)ccc3n2n1. The van der Waals surface area contributed by atoms with Crippen LogP contribution in [-0.2, 0) is 6.42 Å². The van der Waals surface area contributed by atoms with E-state index in [0.29, 0.717) is 23.5 Å². The number of hydrogen-bond acceptors (Lipinski definition) is 5. The third-order valence-electron chi connectivity index (χ3n) is 4.26. The van der Waals surface area contributed by atoms with Crippen molar-refractivity contribution in [3.63, 3.8) is 0 Å². The standard InChI is InChI=1S/C17H15FN6O/c1-3-14-19-17-21-20-15-13(24(17)22-14)8-9-23(16(15)25)10(2)11-4-6-12(18)7-5-11/h4-10H,3H2,1-2H3. The second-order valence-corrected chi connectivity index (χ2v) is 5.78. The van der Waals surface area contributed by atoms with Gasteiger partial charge in [-0.1, -0.05) is 19.1 Å². The first-order chi connectivity index (χ1) is 12.1. The van der Waals surface area contributed by atoms with Crippen molar-refractivity contribution >= 4 is 16.8 Å². The molecule has 0 aliphatic heterocycles. The van der Waals surface area contributed by atoms with Gasteiger partial charge in [0, 0.05) is 12.6 Å². The Hall–Kier alpha value is -3.16. The van der Waals surface area contributed by atoms with Crippen molar-refractivity contribution in [1.29, 1.82) is 0 Å². The molecular weight excluding hydrogens is 323 g/mol. The van der Waals surface area contributed by atoms with Crippen molar-refractivity contribution in [2.24, 2.45) is 0 Å². The van der Waals surface area contributed by atoms with Crippen LogP contribution in [0.5, 0.6) is 0 Å². The van der Waals surface area contributed by atoms with Gasteiger partial charge in [0.1, 0.15) is 11.3 Å². The van der Waals surface area contributed by atoms with Crippen molar-refractivity contribution in [3.05, 3.63) is 64.1 Å². The summed E-state index contributed by atoms with van der Waals surface area (Å²) in [5, 5.41) is 12.4. The fourth-order valence-electron chi connectivity index (χ4n) is 2.82. The molecule has 1 unspecified atom stereocenters. The minimum Gasteiger partial charge on any atom is -0.306 e. The lowest BCUT2D eigenvalue weighted by Crippen LogP contribution is -2.25. The van der Waals surface area contributed by atoms with E-state index in [4.69, 9.17) is 0 Å². The first-order valence-corrected chi connectivity index (χ1v) is 7.97. The van der Waals surface area contributed by atoms with Crippen LogP contribution in [0.1, 0.15) is 31.3 Å². The van der Waals surface area contributed by atoms with Gasteiger partial charge in [-0.15, -0.1) is 15.3 Å². The Labute approximate surface area is 141 Å². The van der Waals surface area contributed by atoms with Crippen LogP contribution in [0.3, 0.4) is 0 Å². The summed E-state index contributed by atoms with van der Waals surface area (Å²) in [5.41, 5.74) is 1.32. The normalized spacial score (nSPS) is 12.8. The lowest BCUT2D eigenvalue weighted by molar-refractivity contribution is 0.605. The molecule has 0 radical (unpaired) electrons. The van der Waals surface area contributed by atoms with E-state index in [0.717, 1.165) is 5.56 Å². The summed E-state index contributed by atoms with van der Waals surface area (Å²) in [4.78, 5) is 17.1. The Kier molecular flexibility index (Phi) is 3.52. The predicted octanol–water partition coefficient (Wildman–Crippen LogP) is 2.14. The molecule has 3 aromatic heterocycles. The molecule has 3 heterocycles. The molecule has 25 heavy (non-hydrogen) atoms. The summed E-state index contributed by atoms with van der Waals surface area (Å²) in [6.45, 7) is 3.82. The third-order valence-corrected chi connectivity index (χ3v) is 4.26. The topological polar surface area (TPSA) is 78.0 Å². The number of rotatable bonds is 3. The van der Waals surface area contributed by atoms with Gasteiger partial charge in [-0.05, 0) is 30.7 Å². The highest BCUT2D eigenvalue weighted by Crippen LogP contribution is 2.18. The van der Waals surface area contributed by atoms with E-state index in [9.17, 15) is 9.18 Å². The summed E-state index contributed by atoms with van der Waals surface area (Å²) < 4.78 is 16.2. The van der Waals surface area contributed by atoms with Crippen molar-refractivity contribution < 1.29 is 4.39 Å². The maximum absolute atomic E-state index is 13.1. The molecule has 0 amide bonds. The molecule has 0 N–H and O–H groups in total. The molecule has 0 bridgehead atoms. The molecule has 0 fully saturated rings. The van der Waals surface area contributed by atoms with Gasteiger partial charge < -0.3 is 4.57 Å². The van der Waals surface area contributed by atoms with Crippen molar-refractivity contribution in [2.75, 3.05) is 0 Å². The van der Waals surface area contributed by atoms with E-state index in [2.05, 4.69) is 20.3 Å². The first kappa shape index (κ1) is 15.4. The smallest absolute Gasteiger partial charge is 0.281 e. The maximum atomic E-state index is 13.1. The second kappa shape index (κ2) is 5.73. The molecule has 0 saturated heterocycles. The number of halogens is 1. The number of pyridine rings is 1. The molecule has 126 valence electrons. The van der Waals surface area contributed by atoms with Crippen LogP contribution < -0.4 is 5.56 Å². The fourth-order valence-corrected chi connectivity index (χ4v) is 2.82. The number of benzene rings is 1. The van der Waals surface area contributed by atoms with E-state index in [1.54, 1.807) is 29.0 Å². The summed E-state index contributed by atoms with van der Waals surface area (Å²) in [7, 11) is 0. The molecule has 0 aliphatic rings. The molecule has 4 rings (SSSR count). The average Bonchev–Trinajstić information content (AvgIpc) is 3.06. The molecule has 0 aliphatic carbocycles. The summed E-state index contributed by atoms with van der Waals surface area (Å²) in [6, 6.07) is 7.59. The molecule has 4 aromatic rings. The fraction of sp³-hybridized carbons (Fsp3) is 0.235. The van der Waals surface area contributed by atoms with Crippen LogP contribution in [0.15, 0.2) is 41.3 Å². The summed E-state index contributed by atoms with van der Waals surface area (Å²) >= 11 is 0. The Morgan fingerprint density at radius 1 is 1.16 bits per heavy atom. The molecule has 0 saturated carbocycles. The van der Waals surface area contributed by atoms with Crippen LogP contribution in [0.4, 0.5) is 4.39 Å². The zero-order valence-corrected chi connectivity index (χ0v) is 13.7. The van der Waals surface area contributed by atoms with Crippen LogP contribution >= 0.6 is 0 Å². The van der Waals surface area contributed by atoms with Gasteiger partial charge >= 0.3 is 0 Å². The van der Waals surface area contributed by atoms with Crippen LogP contribution in [0.2, 0.25) is 0 Å². The summed E-state index contributed by atoms with van der Waals surface area (Å²) in [6.07, 6.45) is 2.36. The largest absolute Gasteiger partial charge is 0.306 e. The molecule has 1 aromatic carbocycles. The number of fused-ring (bicyclic) bond motifs is 3. The van der Waals surface area contributed by atoms with E-state index in [1.807, 2.05) is 13.8 Å². The maximum Gasteiger partial charge on any atom is 0.281 e. The Morgan fingerprint density at radius 3 is 2.64 bits per heavy atom. The molecule has 0 spiro atoms. The number of aryl methyl sites for hydroxylation is 1. The Balaban J connectivity index is 1.89. The van der Waals surface area contributed by atoms with Gasteiger partial charge in [-0.2, -0.15) is 9.50 Å². The van der Waals surface area contributed by atoms with Crippen LogP contribution in [0, 0.1) is 5.82 Å². The second-order valence-electron chi connectivity index (χ2n) is 5.78. The van der Waals surface area contributed by atoms with Gasteiger partial charge in [0.2, 0.25) is 0 Å². The average molecular weight is 338 g/mol. The lowest BCUT2D eigenvalue weighted by Gasteiger charge is -2.16. The minimum absolute atomic E-state index is 0.219. The van der Waals surface area contributed by atoms with Gasteiger partial charge in [0.05, 0.1) is 6.04 Å². The monoisotopic (exact) mass is 338 g/mol. The molecule has 1 atom stereocenters. The van der Waals surface area contributed by atoms with E-state index >= 15 is 0 Å². The molecule has 8 heteroatoms. The minimum atomic E-state index is -0.312. The van der Waals surface area contributed by atoms with E-state index < -0.39 is 0 Å². The van der Waals surface area contributed by atoms with Gasteiger partial charge in [-0.25, -0.2) is 4.39 Å². The van der Waals surface area contributed by atoms with E-state index in [-0.39, 0.29) is 22.9 Å².